The minimum Gasteiger partial charge on any atom is -0.353 e. The molecule has 1 saturated heterocycles. The summed E-state index contributed by atoms with van der Waals surface area (Å²) in [6, 6.07) is 13.8. The molecule has 5 rings (SSSR count). The number of anilines is 1. The van der Waals surface area contributed by atoms with Crippen molar-refractivity contribution < 1.29 is 8.42 Å². The van der Waals surface area contributed by atoms with Crippen molar-refractivity contribution in [2.24, 2.45) is 0 Å². The van der Waals surface area contributed by atoms with Gasteiger partial charge in [0.05, 0.1) is 26.7 Å². The summed E-state index contributed by atoms with van der Waals surface area (Å²) in [4.78, 5) is 12.0. The van der Waals surface area contributed by atoms with Crippen LogP contribution in [0.15, 0.2) is 53.4 Å². The fourth-order valence-electron chi connectivity index (χ4n) is 4.28. The van der Waals surface area contributed by atoms with Crippen molar-refractivity contribution in [3.05, 3.63) is 70.1 Å². The molecule has 11 heteroatoms. The third-order valence-electron chi connectivity index (χ3n) is 6.12. The Morgan fingerprint density at radius 3 is 2.29 bits per heavy atom. The summed E-state index contributed by atoms with van der Waals surface area (Å²) in [6.07, 6.45) is 0.653. The maximum atomic E-state index is 13.1. The van der Waals surface area contributed by atoms with E-state index in [9.17, 15) is 8.42 Å². The molecule has 182 valence electrons. The van der Waals surface area contributed by atoms with Gasteiger partial charge in [0, 0.05) is 37.6 Å². The van der Waals surface area contributed by atoms with Gasteiger partial charge in [0.25, 0.3) is 0 Å². The number of aromatic nitrogens is 4. The quantitative estimate of drug-likeness (QED) is 0.377. The molecule has 0 unspecified atom stereocenters. The minimum atomic E-state index is -3.60. The Hall–Kier alpha value is -2.72. The molecular formula is C24H24Cl2N6O2S. The third-order valence-corrected chi connectivity index (χ3v) is 8.60. The van der Waals surface area contributed by atoms with Crippen molar-refractivity contribution in [2.75, 3.05) is 31.1 Å². The van der Waals surface area contributed by atoms with Crippen molar-refractivity contribution in [1.82, 2.24) is 24.1 Å². The summed E-state index contributed by atoms with van der Waals surface area (Å²) in [6.45, 7) is 5.61. The summed E-state index contributed by atoms with van der Waals surface area (Å²) < 4.78 is 29.5. The molecule has 0 amide bonds. The van der Waals surface area contributed by atoms with Crippen LogP contribution >= 0.6 is 23.2 Å². The lowest BCUT2D eigenvalue weighted by molar-refractivity contribution is 0.384. The molecule has 3 heterocycles. The smallest absolute Gasteiger partial charge is 0.243 e. The molecule has 0 bridgehead atoms. The van der Waals surface area contributed by atoms with Gasteiger partial charge in [-0.15, -0.1) is 0 Å². The van der Waals surface area contributed by atoms with Crippen LogP contribution in [-0.4, -0.2) is 58.7 Å². The Labute approximate surface area is 214 Å². The van der Waals surface area contributed by atoms with Crippen LogP contribution in [0.1, 0.15) is 18.4 Å². The first-order valence-electron chi connectivity index (χ1n) is 11.3. The summed E-state index contributed by atoms with van der Waals surface area (Å²) in [5.41, 5.74) is 2.22. The SMILES string of the molecule is CCc1nc(N2CCN(S(=O)(=O)c3ccc(Cl)cc3)CC2)c2c(C)nn(-c3ccccc3Cl)c2n1. The highest BCUT2D eigenvalue weighted by Gasteiger charge is 2.30. The average molecular weight is 531 g/mol. The lowest BCUT2D eigenvalue weighted by Crippen LogP contribution is -2.49. The Balaban J connectivity index is 1.49. The highest BCUT2D eigenvalue weighted by molar-refractivity contribution is 7.89. The van der Waals surface area contributed by atoms with Gasteiger partial charge in [-0.05, 0) is 43.3 Å². The Morgan fingerprint density at radius 1 is 0.943 bits per heavy atom. The van der Waals surface area contributed by atoms with Gasteiger partial charge < -0.3 is 4.90 Å². The molecule has 0 atom stereocenters. The van der Waals surface area contributed by atoms with Crippen LogP contribution in [0.2, 0.25) is 10.0 Å². The second-order valence-electron chi connectivity index (χ2n) is 8.31. The molecule has 0 aliphatic carbocycles. The van der Waals surface area contributed by atoms with E-state index in [1.807, 2.05) is 38.1 Å². The Bertz CT molecular complexity index is 1500. The predicted molar refractivity (Wildman–Crippen MR) is 138 cm³/mol. The van der Waals surface area contributed by atoms with E-state index in [1.165, 1.54) is 16.4 Å². The average Bonchev–Trinajstić information content (AvgIpc) is 3.20. The summed E-state index contributed by atoms with van der Waals surface area (Å²) in [5, 5.41) is 6.66. The number of nitrogens with zero attached hydrogens (tertiary/aromatic N) is 6. The van der Waals surface area contributed by atoms with Crippen molar-refractivity contribution in [3.8, 4) is 5.69 Å². The molecule has 0 saturated carbocycles. The number of rotatable bonds is 5. The molecular weight excluding hydrogens is 507 g/mol. The van der Waals surface area contributed by atoms with Gasteiger partial charge in [0.15, 0.2) is 5.65 Å². The van der Waals surface area contributed by atoms with Gasteiger partial charge in [-0.3, -0.25) is 0 Å². The van der Waals surface area contributed by atoms with Crippen LogP contribution in [-0.2, 0) is 16.4 Å². The number of benzene rings is 2. The fraction of sp³-hybridized carbons (Fsp3) is 0.292. The summed E-state index contributed by atoms with van der Waals surface area (Å²) in [7, 11) is -3.60. The van der Waals surface area contributed by atoms with E-state index in [1.54, 1.807) is 16.8 Å². The zero-order valence-corrected chi connectivity index (χ0v) is 21.6. The van der Waals surface area contributed by atoms with E-state index in [-0.39, 0.29) is 4.90 Å². The first kappa shape index (κ1) is 24.0. The van der Waals surface area contributed by atoms with Crippen molar-refractivity contribution in [1.29, 1.82) is 0 Å². The van der Waals surface area contributed by atoms with Gasteiger partial charge in [0.2, 0.25) is 10.0 Å². The van der Waals surface area contributed by atoms with E-state index in [0.717, 1.165) is 22.6 Å². The molecule has 8 nitrogen and oxygen atoms in total. The van der Waals surface area contributed by atoms with E-state index in [2.05, 4.69) is 4.90 Å². The molecule has 0 radical (unpaired) electrons. The standard InChI is InChI=1S/C24H24Cl2N6O2S/c1-3-21-27-23(22-16(2)29-32(24(22)28-21)20-7-5-4-6-19(20)26)30-12-14-31(15-13-30)35(33,34)18-10-8-17(25)9-11-18/h4-11H,3,12-15H2,1-2H3. The predicted octanol–water partition coefficient (Wildman–Crippen LogP) is 4.50. The topological polar surface area (TPSA) is 84.2 Å². The van der Waals surface area contributed by atoms with Crippen LogP contribution in [0.3, 0.4) is 0 Å². The second kappa shape index (κ2) is 9.39. The third kappa shape index (κ3) is 4.38. The van der Waals surface area contributed by atoms with Crippen LogP contribution in [0.4, 0.5) is 5.82 Å². The van der Waals surface area contributed by atoms with Crippen LogP contribution in [0, 0.1) is 6.92 Å². The molecule has 4 aromatic rings. The minimum absolute atomic E-state index is 0.241. The summed E-state index contributed by atoms with van der Waals surface area (Å²) in [5.74, 6) is 1.46. The van der Waals surface area contributed by atoms with Crippen molar-refractivity contribution in [2.45, 2.75) is 25.2 Å². The van der Waals surface area contributed by atoms with Crippen LogP contribution in [0.5, 0.6) is 0 Å². The highest BCUT2D eigenvalue weighted by atomic mass is 35.5. The van der Waals surface area contributed by atoms with E-state index >= 15 is 0 Å². The highest BCUT2D eigenvalue weighted by Crippen LogP contribution is 2.32. The van der Waals surface area contributed by atoms with E-state index < -0.39 is 10.0 Å². The molecule has 0 N–H and O–H groups in total. The number of hydrogen-bond acceptors (Lipinski definition) is 6. The van der Waals surface area contributed by atoms with Gasteiger partial charge in [-0.2, -0.15) is 9.40 Å². The first-order chi connectivity index (χ1) is 16.8. The summed E-state index contributed by atoms with van der Waals surface area (Å²) >= 11 is 12.4. The normalized spacial score (nSPS) is 15.1. The molecule has 1 aliphatic rings. The van der Waals surface area contributed by atoms with Gasteiger partial charge in [-0.25, -0.2) is 23.1 Å². The largest absolute Gasteiger partial charge is 0.353 e. The first-order valence-corrected chi connectivity index (χ1v) is 13.5. The number of piperazine rings is 1. The monoisotopic (exact) mass is 530 g/mol. The van der Waals surface area contributed by atoms with Gasteiger partial charge in [-0.1, -0.05) is 42.3 Å². The van der Waals surface area contributed by atoms with Gasteiger partial charge >= 0.3 is 0 Å². The van der Waals surface area contributed by atoms with Gasteiger partial charge in [0.1, 0.15) is 11.6 Å². The lowest BCUT2D eigenvalue weighted by Gasteiger charge is -2.35. The number of para-hydroxylation sites is 1. The zero-order valence-electron chi connectivity index (χ0n) is 19.3. The van der Waals surface area contributed by atoms with Crippen LogP contribution < -0.4 is 4.90 Å². The Kier molecular flexibility index (Phi) is 6.43. The maximum absolute atomic E-state index is 13.1. The van der Waals surface area contributed by atoms with Crippen molar-refractivity contribution in [3.63, 3.8) is 0 Å². The molecule has 1 fully saturated rings. The lowest BCUT2D eigenvalue weighted by atomic mass is 10.2. The zero-order chi connectivity index (χ0) is 24.7. The number of fused-ring (bicyclic) bond motifs is 1. The number of sulfonamides is 1. The van der Waals surface area contributed by atoms with Crippen molar-refractivity contribution >= 4 is 50.1 Å². The molecule has 2 aromatic heterocycles. The van der Waals surface area contributed by atoms with E-state index in [0.29, 0.717) is 54.1 Å². The number of aryl methyl sites for hydroxylation is 2. The Morgan fingerprint density at radius 2 is 1.63 bits per heavy atom. The molecule has 0 spiro atoms. The second-order valence-corrected chi connectivity index (χ2v) is 11.1. The molecule has 1 aliphatic heterocycles. The maximum Gasteiger partial charge on any atom is 0.243 e. The fourth-order valence-corrected chi connectivity index (χ4v) is 6.04. The van der Waals surface area contributed by atoms with E-state index in [4.69, 9.17) is 38.3 Å². The number of hydrogen-bond donors (Lipinski definition) is 0. The number of halogens is 2. The van der Waals surface area contributed by atoms with Crippen LogP contribution in [0.25, 0.3) is 16.7 Å². The molecule has 35 heavy (non-hydrogen) atoms. The molecule has 2 aromatic carbocycles.